The SMILES string of the molecule is COc1c(C)ccc(CN(CCNC(C)O)Cc2ccc(C)c(OC)c2C)c1C. The Balaban J connectivity index is 2.29. The number of hydrogen-bond donors (Lipinski definition) is 2. The van der Waals surface area contributed by atoms with Crippen LogP contribution in [0, 0.1) is 27.7 Å². The first-order valence-electron chi connectivity index (χ1n) is 10.2. The van der Waals surface area contributed by atoms with Crippen molar-refractivity contribution in [2.45, 2.75) is 53.9 Å². The van der Waals surface area contributed by atoms with Crippen LogP contribution in [-0.2, 0) is 13.1 Å². The van der Waals surface area contributed by atoms with Gasteiger partial charge in [-0.25, -0.2) is 0 Å². The summed E-state index contributed by atoms with van der Waals surface area (Å²) in [6.45, 7) is 13.3. The van der Waals surface area contributed by atoms with Crippen molar-refractivity contribution in [2.24, 2.45) is 0 Å². The summed E-state index contributed by atoms with van der Waals surface area (Å²) in [5, 5.41) is 12.7. The summed E-state index contributed by atoms with van der Waals surface area (Å²) in [5.41, 5.74) is 7.16. The number of hydrogen-bond acceptors (Lipinski definition) is 5. The van der Waals surface area contributed by atoms with E-state index < -0.39 is 6.23 Å². The van der Waals surface area contributed by atoms with Crippen LogP contribution < -0.4 is 14.8 Å². The van der Waals surface area contributed by atoms with E-state index in [4.69, 9.17) is 9.47 Å². The lowest BCUT2D eigenvalue weighted by molar-refractivity contribution is 0.146. The fourth-order valence-electron chi connectivity index (χ4n) is 3.83. The Morgan fingerprint density at radius 1 is 0.862 bits per heavy atom. The summed E-state index contributed by atoms with van der Waals surface area (Å²) in [7, 11) is 3.46. The largest absolute Gasteiger partial charge is 0.496 e. The summed E-state index contributed by atoms with van der Waals surface area (Å²) in [6, 6.07) is 8.61. The minimum absolute atomic E-state index is 0.515. The molecule has 0 aliphatic rings. The molecule has 1 unspecified atom stereocenters. The number of aliphatic hydroxyl groups is 1. The van der Waals surface area contributed by atoms with Crippen molar-refractivity contribution in [1.82, 2.24) is 10.2 Å². The molecule has 0 aliphatic carbocycles. The van der Waals surface area contributed by atoms with Gasteiger partial charge in [-0.15, -0.1) is 0 Å². The maximum absolute atomic E-state index is 9.57. The Morgan fingerprint density at radius 3 is 1.69 bits per heavy atom. The van der Waals surface area contributed by atoms with Gasteiger partial charge in [-0.3, -0.25) is 10.2 Å². The van der Waals surface area contributed by atoms with Gasteiger partial charge in [0.25, 0.3) is 0 Å². The van der Waals surface area contributed by atoms with Crippen LogP contribution in [0.15, 0.2) is 24.3 Å². The van der Waals surface area contributed by atoms with E-state index in [1.807, 2.05) is 0 Å². The van der Waals surface area contributed by atoms with E-state index in [9.17, 15) is 5.11 Å². The molecule has 0 saturated heterocycles. The molecule has 1 atom stereocenters. The quantitative estimate of drug-likeness (QED) is 0.593. The first kappa shape index (κ1) is 23.2. The zero-order chi connectivity index (χ0) is 21.6. The van der Waals surface area contributed by atoms with Crippen molar-refractivity contribution >= 4 is 0 Å². The number of methoxy groups -OCH3 is 2. The predicted octanol–water partition coefficient (Wildman–Crippen LogP) is 3.87. The lowest BCUT2D eigenvalue weighted by atomic mass is 10.0. The summed E-state index contributed by atoms with van der Waals surface area (Å²) in [4.78, 5) is 2.39. The Hall–Kier alpha value is -2.08. The minimum Gasteiger partial charge on any atom is -0.496 e. The Labute approximate surface area is 175 Å². The average Bonchev–Trinajstić information content (AvgIpc) is 2.66. The van der Waals surface area contributed by atoms with Gasteiger partial charge in [0.05, 0.1) is 14.2 Å². The van der Waals surface area contributed by atoms with Crippen LogP contribution in [0.5, 0.6) is 11.5 Å². The molecule has 29 heavy (non-hydrogen) atoms. The lowest BCUT2D eigenvalue weighted by Gasteiger charge is -2.26. The second kappa shape index (κ2) is 10.6. The fourth-order valence-corrected chi connectivity index (χ4v) is 3.83. The van der Waals surface area contributed by atoms with Crippen molar-refractivity contribution in [2.75, 3.05) is 27.3 Å². The van der Waals surface area contributed by atoms with E-state index in [0.717, 1.165) is 42.3 Å². The number of nitrogens with zero attached hydrogens (tertiary/aromatic N) is 1. The number of ether oxygens (including phenoxy) is 2. The van der Waals surface area contributed by atoms with Gasteiger partial charge in [-0.2, -0.15) is 0 Å². The van der Waals surface area contributed by atoms with Crippen molar-refractivity contribution in [1.29, 1.82) is 0 Å². The summed E-state index contributed by atoms with van der Waals surface area (Å²) < 4.78 is 11.2. The van der Waals surface area contributed by atoms with Crippen LogP contribution >= 0.6 is 0 Å². The highest BCUT2D eigenvalue weighted by Crippen LogP contribution is 2.29. The van der Waals surface area contributed by atoms with Gasteiger partial charge < -0.3 is 14.6 Å². The molecule has 160 valence electrons. The normalized spacial score (nSPS) is 12.3. The first-order chi connectivity index (χ1) is 13.8. The highest BCUT2D eigenvalue weighted by atomic mass is 16.5. The fraction of sp³-hybridized carbons (Fsp3) is 0.500. The lowest BCUT2D eigenvalue weighted by Crippen LogP contribution is -2.35. The maximum atomic E-state index is 9.57. The van der Waals surface area contributed by atoms with Gasteiger partial charge in [0.1, 0.15) is 17.7 Å². The Bertz CT molecular complexity index is 757. The molecule has 2 rings (SSSR count). The van der Waals surface area contributed by atoms with Gasteiger partial charge in [-0.1, -0.05) is 24.3 Å². The van der Waals surface area contributed by atoms with Gasteiger partial charge in [-0.05, 0) is 68.0 Å². The van der Waals surface area contributed by atoms with Crippen LogP contribution in [0.25, 0.3) is 0 Å². The second-order valence-corrected chi connectivity index (χ2v) is 7.74. The number of aryl methyl sites for hydroxylation is 2. The topological polar surface area (TPSA) is 54.0 Å². The molecule has 0 fully saturated rings. The molecule has 2 aromatic carbocycles. The molecule has 0 bridgehead atoms. The molecule has 0 saturated carbocycles. The molecule has 5 nitrogen and oxygen atoms in total. The molecule has 2 N–H and O–H groups in total. The summed E-state index contributed by atoms with van der Waals surface area (Å²) >= 11 is 0. The molecular formula is C24H36N2O3. The maximum Gasteiger partial charge on any atom is 0.124 e. The van der Waals surface area contributed by atoms with Gasteiger partial charge >= 0.3 is 0 Å². The third kappa shape index (κ3) is 5.95. The van der Waals surface area contributed by atoms with E-state index >= 15 is 0 Å². The predicted molar refractivity (Wildman–Crippen MR) is 119 cm³/mol. The summed E-state index contributed by atoms with van der Waals surface area (Å²) in [5.74, 6) is 1.91. The molecule has 0 aromatic heterocycles. The smallest absolute Gasteiger partial charge is 0.124 e. The average molecular weight is 401 g/mol. The van der Waals surface area contributed by atoms with Crippen LogP contribution in [0.2, 0.25) is 0 Å². The molecule has 0 aliphatic heterocycles. The molecule has 0 radical (unpaired) electrons. The van der Waals surface area contributed by atoms with Crippen molar-refractivity contribution in [3.63, 3.8) is 0 Å². The van der Waals surface area contributed by atoms with Crippen LogP contribution in [0.4, 0.5) is 0 Å². The molecule has 5 heteroatoms. The van der Waals surface area contributed by atoms with Gasteiger partial charge in [0, 0.05) is 26.2 Å². The van der Waals surface area contributed by atoms with Crippen molar-refractivity contribution in [3.8, 4) is 11.5 Å². The monoisotopic (exact) mass is 400 g/mol. The van der Waals surface area contributed by atoms with Crippen LogP contribution in [0.3, 0.4) is 0 Å². The molecule has 2 aromatic rings. The highest BCUT2D eigenvalue weighted by Gasteiger charge is 2.15. The zero-order valence-corrected chi connectivity index (χ0v) is 18.9. The highest BCUT2D eigenvalue weighted by molar-refractivity contribution is 5.46. The Kier molecular flexibility index (Phi) is 8.50. The van der Waals surface area contributed by atoms with Gasteiger partial charge in [0.2, 0.25) is 0 Å². The first-order valence-corrected chi connectivity index (χ1v) is 10.2. The molecular weight excluding hydrogens is 364 g/mol. The van der Waals surface area contributed by atoms with Crippen molar-refractivity contribution in [3.05, 3.63) is 57.6 Å². The minimum atomic E-state index is -0.515. The molecule has 0 heterocycles. The third-order valence-electron chi connectivity index (χ3n) is 5.49. The van der Waals surface area contributed by atoms with E-state index in [-0.39, 0.29) is 0 Å². The summed E-state index contributed by atoms with van der Waals surface area (Å²) in [6.07, 6.45) is -0.515. The van der Waals surface area contributed by atoms with E-state index in [2.05, 4.69) is 62.2 Å². The standard InChI is InChI=1S/C24H36N2O3/c1-16-8-10-21(18(3)23(16)28-6)14-26(13-12-25-20(5)27)15-22-11-9-17(2)24(29-7)19(22)4/h8-11,20,25,27H,12-15H2,1-7H3. The number of benzene rings is 2. The van der Waals surface area contributed by atoms with Gasteiger partial charge in [0.15, 0.2) is 0 Å². The third-order valence-corrected chi connectivity index (χ3v) is 5.49. The zero-order valence-electron chi connectivity index (χ0n) is 18.9. The number of aliphatic hydroxyl groups excluding tert-OH is 1. The van der Waals surface area contributed by atoms with Crippen molar-refractivity contribution < 1.29 is 14.6 Å². The Morgan fingerprint density at radius 2 is 1.31 bits per heavy atom. The van der Waals surface area contributed by atoms with Crippen LogP contribution in [0.1, 0.15) is 40.3 Å². The second-order valence-electron chi connectivity index (χ2n) is 7.74. The van der Waals surface area contributed by atoms with E-state index in [1.54, 1.807) is 21.1 Å². The number of nitrogens with one attached hydrogen (secondary N) is 1. The molecule has 0 spiro atoms. The van der Waals surface area contributed by atoms with Crippen LogP contribution in [-0.4, -0.2) is 43.5 Å². The van der Waals surface area contributed by atoms with E-state index in [1.165, 1.54) is 22.3 Å². The number of rotatable bonds is 10. The molecule has 0 amide bonds. The van der Waals surface area contributed by atoms with E-state index in [0.29, 0.717) is 6.54 Å².